The maximum Gasteiger partial charge on any atom is 0.120 e. The average Bonchev–Trinajstić information content (AvgIpc) is 2.75. The van der Waals surface area contributed by atoms with Gasteiger partial charge in [0.2, 0.25) is 0 Å². The first kappa shape index (κ1) is 13.9. The van der Waals surface area contributed by atoms with Gasteiger partial charge in [-0.15, -0.1) is 0 Å². The van der Waals surface area contributed by atoms with E-state index in [1.807, 2.05) is 25.1 Å². The minimum absolute atomic E-state index is 0.368. The van der Waals surface area contributed by atoms with Crippen LogP contribution >= 0.6 is 15.9 Å². The summed E-state index contributed by atoms with van der Waals surface area (Å²) in [6, 6.07) is 5.86. The number of hydrogen-bond donors (Lipinski definition) is 1. The van der Waals surface area contributed by atoms with E-state index < -0.39 is 0 Å². The van der Waals surface area contributed by atoms with Gasteiger partial charge in [-0.1, -0.05) is 41.8 Å². The molecule has 1 N–H and O–H groups in total. The van der Waals surface area contributed by atoms with Crippen LogP contribution in [0, 0.1) is 11.8 Å². The van der Waals surface area contributed by atoms with E-state index in [-0.39, 0.29) is 6.10 Å². The van der Waals surface area contributed by atoms with Crippen molar-refractivity contribution >= 4 is 15.9 Å². The maximum atomic E-state index is 10.5. The first-order valence-corrected chi connectivity index (χ1v) is 7.53. The number of rotatable bonds is 4. The Bertz CT molecular complexity index is 405. The minimum Gasteiger partial charge on any atom is -0.494 e. The predicted molar refractivity (Wildman–Crippen MR) is 76.8 cm³/mol. The number of hydrogen-bond acceptors (Lipinski definition) is 2. The minimum atomic E-state index is -0.368. The van der Waals surface area contributed by atoms with Crippen molar-refractivity contribution in [3.8, 4) is 5.75 Å². The number of aliphatic hydroxyl groups is 1. The number of benzene rings is 1. The zero-order valence-electron chi connectivity index (χ0n) is 11.0. The number of aliphatic hydroxyl groups excluding tert-OH is 1. The Labute approximate surface area is 117 Å². The molecule has 3 unspecified atom stereocenters. The lowest BCUT2D eigenvalue weighted by Crippen LogP contribution is -2.15. The molecular weight excluding hydrogens is 292 g/mol. The summed E-state index contributed by atoms with van der Waals surface area (Å²) >= 11 is 3.54. The molecule has 0 spiro atoms. The summed E-state index contributed by atoms with van der Waals surface area (Å²) in [6.07, 6.45) is 3.23. The molecule has 0 bridgehead atoms. The lowest BCUT2D eigenvalue weighted by atomic mass is 9.88. The van der Waals surface area contributed by atoms with Gasteiger partial charge in [-0.05, 0) is 42.9 Å². The fourth-order valence-electron chi connectivity index (χ4n) is 2.88. The molecule has 1 fully saturated rings. The third kappa shape index (κ3) is 2.89. The lowest BCUT2D eigenvalue weighted by Gasteiger charge is -2.23. The first-order valence-electron chi connectivity index (χ1n) is 6.73. The highest BCUT2D eigenvalue weighted by Crippen LogP contribution is 2.42. The fraction of sp³-hybridized carbons (Fsp3) is 0.600. The summed E-state index contributed by atoms with van der Waals surface area (Å²) in [6.45, 7) is 4.87. The summed E-state index contributed by atoms with van der Waals surface area (Å²) in [5.41, 5.74) is 0.984. The van der Waals surface area contributed by atoms with Gasteiger partial charge in [-0.25, -0.2) is 0 Å². The highest BCUT2D eigenvalue weighted by atomic mass is 79.9. The summed E-state index contributed by atoms with van der Waals surface area (Å²) in [5.74, 6) is 1.84. The molecule has 0 amide bonds. The Morgan fingerprint density at radius 3 is 2.78 bits per heavy atom. The molecule has 0 saturated heterocycles. The van der Waals surface area contributed by atoms with Crippen molar-refractivity contribution in [2.24, 2.45) is 11.8 Å². The molecule has 3 atom stereocenters. The molecule has 0 radical (unpaired) electrons. The zero-order valence-corrected chi connectivity index (χ0v) is 12.6. The van der Waals surface area contributed by atoms with Crippen LogP contribution in [0.4, 0.5) is 0 Å². The van der Waals surface area contributed by atoms with Crippen molar-refractivity contribution in [2.45, 2.75) is 39.2 Å². The van der Waals surface area contributed by atoms with Gasteiger partial charge in [0.05, 0.1) is 12.7 Å². The molecule has 0 aliphatic heterocycles. The van der Waals surface area contributed by atoms with Crippen LogP contribution in [0.25, 0.3) is 0 Å². The van der Waals surface area contributed by atoms with Crippen LogP contribution in [0.15, 0.2) is 22.7 Å². The van der Waals surface area contributed by atoms with Gasteiger partial charge in [-0.3, -0.25) is 0 Å². The first-order chi connectivity index (χ1) is 8.63. The molecule has 1 aromatic rings. The lowest BCUT2D eigenvalue weighted by molar-refractivity contribution is 0.0894. The van der Waals surface area contributed by atoms with Crippen molar-refractivity contribution in [1.29, 1.82) is 0 Å². The molecule has 2 rings (SSSR count). The van der Waals surface area contributed by atoms with Crippen molar-refractivity contribution in [3.63, 3.8) is 0 Å². The van der Waals surface area contributed by atoms with Gasteiger partial charge in [0.1, 0.15) is 5.75 Å². The van der Waals surface area contributed by atoms with E-state index in [1.165, 1.54) is 12.8 Å². The van der Waals surface area contributed by atoms with Crippen LogP contribution < -0.4 is 4.74 Å². The van der Waals surface area contributed by atoms with Crippen LogP contribution in [0.3, 0.4) is 0 Å². The molecule has 1 aliphatic rings. The van der Waals surface area contributed by atoms with Crippen LogP contribution in [-0.4, -0.2) is 11.7 Å². The molecule has 18 heavy (non-hydrogen) atoms. The Balaban J connectivity index is 2.17. The van der Waals surface area contributed by atoms with Crippen LogP contribution in [0.1, 0.15) is 44.8 Å². The summed E-state index contributed by atoms with van der Waals surface area (Å²) in [7, 11) is 0. The van der Waals surface area contributed by atoms with Crippen LogP contribution in [0.2, 0.25) is 0 Å². The van der Waals surface area contributed by atoms with Crippen LogP contribution in [0.5, 0.6) is 5.75 Å². The second-order valence-electron chi connectivity index (χ2n) is 5.13. The summed E-state index contributed by atoms with van der Waals surface area (Å²) in [4.78, 5) is 0. The Hall–Kier alpha value is -0.540. The normalized spacial score (nSPS) is 25.1. The highest BCUT2D eigenvalue weighted by Gasteiger charge is 2.31. The van der Waals surface area contributed by atoms with Crippen molar-refractivity contribution in [1.82, 2.24) is 0 Å². The second kappa shape index (κ2) is 6.07. The van der Waals surface area contributed by atoms with E-state index in [0.717, 1.165) is 22.2 Å². The Morgan fingerprint density at radius 2 is 2.22 bits per heavy atom. The quantitative estimate of drug-likeness (QED) is 0.897. The standard InChI is InChI=1S/C15H21BrO2/c1-3-18-11-7-8-13(14(16)9-11)15(17)12-6-4-5-10(12)2/h7-10,12,15,17H,3-6H2,1-2H3. The van der Waals surface area contributed by atoms with Gasteiger partial charge in [0.25, 0.3) is 0 Å². The molecular formula is C15H21BrO2. The van der Waals surface area contributed by atoms with E-state index in [0.29, 0.717) is 18.4 Å². The van der Waals surface area contributed by atoms with Crippen molar-refractivity contribution < 1.29 is 9.84 Å². The van der Waals surface area contributed by atoms with Crippen LogP contribution in [-0.2, 0) is 0 Å². The molecule has 0 heterocycles. The molecule has 2 nitrogen and oxygen atoms in total. The third-order valence-electron chi connectivity index (χ3n) is 3.93. The van der Waals surface area contributed by atoms with Gasteiger partial charge < -0.3 is 9.84 Å². The monoisotopic (exact) mass is 312 g/mol. The maximum absolute atomic E-state index is 10.5. The molecule has 1 saturated carbocycles. The summed E-state index contributed by atoms with van der Waals surface area (Å²) < 4.78 is 6.40. The highest BCUT2D eigenvalue weighted by molar-refractivity contribution is 9.10. The molecule has 100 valence electrons. The average molecular weight is 313 g/mol. The van der Waals surface area contributed by atoms with E-state index in [2.05, 4.69) is 22.9 Å². The van der Waals surface area contributed by atoms with E-state index >= 15 is 0 Å². The molecule has 1 aliphatic carbocycles. The van der Waals surface area contributed by atoms with E-state index in [1.54, 1.807) is 0 Å². The SMILES string of the molecule is CCOc1ccc(C(O)C2CCCC2C)c(Br)c1. The Kier molecular flexibility index (Phi) is 4.68. The Morgan fingerprint density at radius 1 is 1.44 bits per heavy atom. The summed E-state index contributed by atoms with van der Waals surface area (Å²) in [5, 5.41) is 10.5. The van der Waals surface area contributed by atoms with Gasteiger partial charge in [0.15, 0.2) is 0 Å². The fourth-order valence-corrected chi connectivity index (χ4v) is 3.47. The van der Waals surface area contributed by atoms with Crippen molar-refractivity contribution in [3.05, 3.63) is 28.2 Å². The number of halogens is 1. The van der Waals surface area contributed by atoms with Gasteiger partial charge in [-0.2, -0.15) is 0 Å². The second-order valence-corrected chi connectivity index (χ2v) is 5.99. The largest absolute Gasteiger partial charge is 0.494 e. The van der Waals surface area contributed by atoms with E-state index in [4.69, 9.17) is 4.74 Å². The topological polar surface area (TPSA) is 29.5 Å². The van der Waals surface area contributed by atoms with E-state index in [9.17, 15) is 5.11 Å². The van der Waals surface area contributed by atoms with Crippen molar-refractivity contribution in [2.75, 3.05) is 6.61 Å². The third-order valence-corrected chi connectivity index (χ3v) is 4.62. The van der Waals surface area contributed by atoms with Gasteiger partial charge in [0, 0.05) is 4.47 Å². The molecule has 3 heteroatoms. The molecule has 0 aromatic heterocycles. The van der Waals surface area contributed by atoms with Gasteiger partial charge >= 0.3 is 0 Å². The molecule has 1 aromatic carbocycles. The predicted octanol–water partition coefficient (Wildman–Crippen LogP) is 4.32. The smallest absolute Gasteiger partial charge is 0.120 e. The number of ether oxygens (including phenoxy) is 1. The zero-order chi connectivity index (χ0) is 13.1.